The van der Waals surface area contributed by atoms with E-state index in [1.165, 1.54) is 12.8 Å². The Balaban J connectivity index is 1.54. The van der Waals surface area contributed by atoms with Crippen molar-refractivity contribution in [1.29, 1.82) is 0 Å². The van der Waals surface area contributed by atoms with Crippen LogP contribution in [0.3, 0.4) is 0 Å². The molecule has 1 aromatic rings. The minimum Gasteiger partial charge on any atom is -0.396 e. The van der Waals surface area contributed by atoms with Crippen LogP contribution in [-0.2, 0) is 0 Å². The Hall–Kier alpha value is -1.26. The number of rotatable bonds is 3. The third kappa shape index (κ3) is 2.80. The van der Waals surface area contributed by atoms with Crippen LogP contribution < -0.4 is 4.90 Å². The summed E-state index contributed by atoms with van der Waals surface area (Å²) in [6, 6.07) is 6.34. The number of amides is 1. The smallest absolute Gasteiger partial charge is 0.254 e. The molecule has 3 atom stereocenters. The highest BCUT2D eigenvalue weighted by Crippen LogP contribution is 2.40. The van der Waals surface area contributed by atoms with E-state index in [0.29, 0.717) is 16.5 Å². The molecule has 2 bridgehead atoms. The van der Waals surface area contributed by atoms with Crippen molar-refractivity contribution in [2.75, 3.05) is 24.6 Å². The maximum absolute atomic E-state index is 13.0. The molecule has 3 aliphatic heterocycles. The average Bonchev–Trinajstić information content (AvgIpc) is 3.20. The lowest BCUT2D eigenvalue weighted by Crippen LogP contribution is -2.47. The lowest BCUT2D eigenvalue weighted by molar-refractivity contribution is 0.0453. The lowest BCUT2D eigenvalue weighted by Gasteiger charge is -2.38. The minimum atomic E-state index is 0.105. The van der Waals surface area contributed by atoms with Gasteiger partial charge in [0.25, 0.3) is 5.91 Å². The van der Waals surface area contributed by atoms with E-state index in [0.717, 1.165) is 44.5 Å². The third-order valence-corrected chi connectivity index (χ3v) is 6.27. The Morgan fingerprint density at radius 3 is 2.42 bits per heavy atom. The number of aliphatic hydroxyl groups is 1. The van der Waals surface area contributed by atoms with Gasteiger partial charge in [0.05, 0.1) is 10.7 Å². The van der Waals surface area contributed by atoms with E-state index in [9.17, 15) is 9.90 Å². The number of nitrogens with zero attached hydrogens (tertiary/aromatic N) is 2. The fourth-order valence-corrected chi connectivity index (χ4v) is 5.07. The summed E-state index contributed by atoms with van der Waals surface area (Å²) < 4.78 is 0. The number of carbonyl (C=O) groups excluding carboxylic acids is 1. The van der Waals surface area contributed by atoms with Crippen molar-refractivity contribution >= 4 is 23.2 Å². The monoisotopic (exact) mass is 348 g/mol. The molecule has 0 saturated carbocycles. The number of piperidine rings is 1. The lowest BCUT2D eigenvalue weighted by atomic mass is 9.91. The van der Waals surface area contributed by atoms with Crippen LogP contribution in [0.2, 0.25) is 5.02 Å². The summed E-state index contributed by atoms with van der Waals surface area (Å²) >= 11 is 6.48. The van der Waals surface area contributed by atoms with Gasteiger partial charge in [-0.2, -0.15) is 0 Å². The molecule has 0 radical (unpaired) electrons. The maximum atomic E-state index is 13.0. The molecule has 1 amide bonds. The number of fused-ring (bicyclic) bond motifs is 2. The molecule has 130 valence electrons. The first-order chi connectivity index (χ1) is 11.7. The molecule has 3 saturated heterocycles. The van der Waals surface area contributed by atoms with Crippen LogP contribution in [0.4, 0.5) is 5.69 Å². The molecule has 1 unspecified atom stereocenters. The number of anilines is 1. The normalized spacial score (nSPS) is 29.3. The van der Waals surface area contributed by atoms with Crippen molar-refractivity contribution in [2.24, 2.45) is 5.92 Å². The maximum Gasteiger partial charge on any atom is 0.254 e. The highest BCUT2D eigenvalue weighted by Gasteiger charge is 2.43. The summed E-state index contributed by atoms with van der Waals surface area (Å²) in [5.74, 6) is 0.460. The Morgan fingerprint density at radius 2 is 1.83 bits per heavy atom. The Morgan fingerprint density at radius 1 is 1.17 bits per heavy atom. The minimum absolute atomic E-state index is 0.105. The number of hydrogen-bond acceptors (Lipinski definition) is 3. The van der Waals surface area contributed by atoms with E-state index < -0.39 is 0 Å². The van der Waals surface area contributed by atoms with Gasteiger partial charge in [0, 0.05) is 37.3 Å². The number of carbonyl (C=O) groups is 1. The van der Waals surface area contributed by atoms with Gasteiger partial charge in [0.15, 0.2) is 0 Å². The Labute approximate surface area is 148 Å². The molecule has 3 aliphatic rings. The molecule has 3 heterocycles. The van der Waals surface area contributed by atoms with Crippen LogP contribution in [-0.4, -0.2) is 47.7 Å². The van der Waals surface area contributed by atoms with Crippen LogP contribution in [0.25, 0.3) is 0 Å². The van der Waals surface area contributed by atoms with Gasteiger partial charge < -0.3 is 14.9 Å². The van der Waals surface area contributed by atoms with Crippen LogP contribution in [0.1, 0.15) is 48.9 Å². The van der Waals surface area contributed by atoms with Gasteiger partial charge >= 0.3 is 0 Å². The predicted octanol–water partition coefficient (Wildman–Crippen LogP) is 3.32. The molecule has 4 nitrogen and oxygen atoms in total. The fraction of sp³-hybridized carbons (Fsp3) is 0.632. The summed E-state index contributed by atoms with van der Waals surface area (Å²) in [5.41, 5.74) is 1.75. The van der Waals surface area contributed by atoms with Gasteiger partial charge in [-0.3, -0.25) is 4.79 Å². The second kappa shape index (κ2) is 6.57. The fourth-order valence-electron chi connectivity index (χ4n) is 4.77. The SMILES string of the molecule is O=C(c1ccc(N2CCCC2)c(Cl)c1)N1[C@@H]2CC[C@H]1CC(CO)C2. The Kier molecular flexibility index (Phi) is 4.44. The van der Waals surface area contributed by atoms with E-state index in [1.807, 2.05) is 18.2 Å². The summed E-state index contributed by atoms with van der Waals surface area (Å²) in [7, 11) is 0. The standard InChI is InChI=1S/C19H25ClN2O2/c20-17-11-14(3-6-18(17)21-7-1-2-8-21)19(24)22-15-4-5-16(22)10-13(9-15)12-23/h3,6,11,13,15-16,23H,1-2,4-5,7-10,12H2/t13?,15-,16+. The van der Waals surface area contributed by atoms with Crippen LogP contribution in [0, 0.1) is 5.92 Å². The molecular formula is C19H25ClN2O2. The second-order valence-electron chi connectivity index (χ2n) is 7.48. The molecule has 5 heteroatoms. The molecule has 1 N–H and O–H groups in total. The van der Waals surface area contributed by atoms with Gasteiger partial charge in [-0.05, 0) is 62.6 Å². The first kappa shape index (κ1) is 16.2. The van der Waals surface area contributed by atoms with E-state index in [2.05, 4.69) is 9.80 Å². The van der Waals surface area contributed by atoms with E-state index in [-0.39, 0.29) is 24.6 Å². The van der Waals surface area contributed by atoms with E-state index >= 15 is 0 Å². The summed E-state index contributed by atoms with van der Waals surface area (Å²) in [6.45, 7) is 2.34. The molecule has 0 spiro atoms. The highest BCUT2D eigenvalue weighted by atomic mass is 35.5. The number of benzene rings is 1. The summed E-state index contributed by atoms with van der Waals surface area (Å²) in [5, 5.41) is 10.1. The number of halogens is 1. The molecule has 0 aromatic heterocycles. The third-order valence-electron chi connectivity index (χ3n) is 5.96. The molecule has 24 heavy (non-hydrogen) atoms. The number of aliphatic hydroxyl groups excluding tert-OH is 1. The number of hydrogen-bond donors (Lipinski definition) is 1. The van der Waals surface area contributed by atoms with Gasteiger partial charge in [0.1, 0.15) is 0 Å². The van der Waals surface area contributed by atoms with Gasteiger partial charge in [-0.15, -0.1) is 0 Å². The van der Waals surface area contributed by atoms with Gasteiger partial charge in [-0.25, -0.2) is 0 Å². The molecule has 0 aliphatic carbocycles. The Bertz CT molecular complexity index is 616. The first-order valence-corrected chi connectivity index (χ1v) is 9.53. The van der Waals surface area contributed by atoms with Gasteiger partial charge in [0.2, 0.25) is 0 Å². The summed E-state index contributed by atoms with van der Waals surface area (Å²) in [4.78, 5) is 17.4. The predicted molar refractivity (Wildman–Crippen MR) is 95.7 cm³/mol. The van der Waals surface area contributed by atoms with Crippen molar-refractivity contribution < 1.29 is 9.90 Å². The van der Waals surface area contributed by atoms with Crippen molar-refractivity contribution in [3.63, 3.8) is 0 Å². The summed E-state index contributed by atoms with van der Waals surface area (Å²) in [6.07, 6.45) is 6.40. The largest absolute Gasteiger partial charge is 0.396 e. The van der Waals surface area contributed by atoms with Gasteiger partial charge in [-0.1, -0.05) is 11.6 Å². The van der Waals surface area contributed by atoms with Crippen LogP contribution >= 0.6 is 11.6 Å². The zero-order chi connectivity index (χ0) is 16.7. The van der Waals surface area contributed by atoms with Crippen LogP contribution in [0.15, 0.2) is 18.2 Å². The van der Waals surface area contributed by atoms with Crippen molar-refractivity contribution in [3.05, 3.63) is 28.8 Å². The molecular weight excluding hydrogens is 324 g/mol. The average molecular weight is 349 g/mol. The second-order valence-corrected chi connectivity index (χ2v) is 7.88. The van der Waals surface area contributed by atoms with Crippen molar-refractivity contribution in [1.82, 2.24) is 4.90 Å². The zero-order valence-electron chi connectivity index (χ0n) is 14.0. The van der Waals surface area contributed by atoms with Crippen molar-refractivity contribution in [3.8, 4) is 0 Å². The zero-order valence-corrected chi connectivity index (χ0v) is 14.7. The van der Waals surface area contributed by atoms with Crippen molar-refractivity contribution in [2.45, 2.75) is 50.6 Å². The first-order valence-electron chi connectivity index (χ1n) is 9.15. The molecule has 3 fully saturated rings. The quantitative estimate of drug-likeness (QED) is 0.911. The topological polar surface area (TPSA) is 43.8 Å². The molecule has 1 aromatic carbocycles. The highest BCUT2D eigenvalue weighted by molar-refractivity contribution is 6.33. The van der Waals surface area contributed by atoms with Crippen LogP contribution in [0.5, 0.6) is 0 Å². The van der Waals surface area contributed by atoms with E-state index in [4.69, 9.17) is 11.6 Å². The molecule has 4 rings (SSSR count). The van der Waals surface area contributed by atoms with E-state index in [1.54, 1.807) is 0 Å².